The predicted octanol–water partition coefficient (Wildman–Crippen LogP) is 4.60. The van der Waals surface area contributed by atoms with Crippen molar-refractivity contribution in [1.82, 2.24) is 0 Å². The minimum atomic E-state index is -3.57. The van der Waals surface area contributed by atoms with Gasteiger partial charge < -0.3 is 4.74 Å². The molecule has 25 heavy (non-hydrogen) atoms. The molecule has 0 saturated carbocycles. The van der Waals surface area contributed by atoms with E-state index in [1.807, 2.05) is 56.5 Å². The van der Waals surface area contributed by atoms with Gasteiger partial charge in [-0.3, -0.25) is 0 Å². The fourth-order valence-electron chi connectivity index (χ4n) is 2.88. The third kappa shape index (κ3) is 3.77. The zero-order valence-corrected chi connectivity index (χ0v) is 16.3. The Morgan fingerprint density at radius 2 is 1.56 bits per heavy atom. The van der Waals surface area contributed by atoms with Crippen LogP contribution in [0.3, 0.4) is 0 Å². The molecule has 3 nitrogen and oxygen atoms in total. The van der Waals surface area contributed by atoms with Crippen molar-refractivity contribution in [3.8, 4) is 0 Å². The molecule has 5 heteroatoms. The Kier molecular flexibility index (Phi) is 5.25. The Morgan fingerprint density at radius 1 is 1.00 bits per heavy atom. The van der Waals surface area contributed by atoms with E-state index >= 15 is 0 Å². The predicted molar refractivity (Wildman–Crippen MR) is 104 cm³/mol. The summed E-state index contributed by atoms with van der Waals surface area (Å²) in [6.07, 6.45) is 2.31. The minimum Gasteiger partial charge on any atom is -0.488 e. The monoisotopic (exact) mass is 374 g/mol. The van der Waals surface area contributed by atoms with Gasteiger partial charge in [-0.15, -0.1) is 0 Å². The molecule has 0 fully saturated rings. The molecule has 0 N–H and O–H groups in total. The van der Waals surface area contributed by atoms with Crippen LogP contribution in [0.15, 0.2) is 58.3 Å². The number of hydrogen-bond acceptors (Lipinski definition) is 4. The molecule has 132 valence electrons. The maximum Gasteiger partial charge on any atom is 0.206 e. The molecule has 1 unspecified atom stereocenters. The fraction of sp³-hybridized carbons (Fsp3) is 0.300. The molecule has 0 saturated heterocycles. The normalized spacial score (nSPS) is 17.6. The molecule has 1 atom stereocenters. The molecule has 1 heterocycles. The van der Waals surface area contributed by atoms with Crippen LogP contribution in [0.1, 0.15) is 23.1 Å². The SMILES string of the molecule is CSCC1CC(S(=O)(=O)c2ccc(C)cc2)=C(c2ccc(C)cc2)O1. The Bertz CT molecular complexity index is 880. The van der Waals surface area contributed by atoms with Crippen molar-refractivity contribution >= 4 is 27.4 Å². The molecule has 0 amide bonds. The van der Waals surface area contributed by atoms with Crippen LogP contribution in [-0.4, -0.2) is 26.5 Å². The molecule has 2 aromatic rings. The van der Waals surface area contributed by atoms with E-state index < -0.39 is 9.84 Å². The van der Waals surface area contributed by atoms with Crippen molar-refractivity contribution < 1.29 is 13.2 Å². The molecule has 3 rings (SSSR count). The summed E-state index contributed by atoms with van der Waals surface area (Å²) in [5.41, 5.74) is 2.99. The van der Waals surface area contributed by atoms with Crippen LogP contribution in [0.25, 0.3) is 5.76 Å². The lowest BCUT2D eigenvalue weighted by Gasteiger charge is -2.11. The molecule has 0 spiro atoms. The van der Waals surface area contributed by atoms with E-state index in [0.717, 1.165) is 22.4 Å². The average molecular weight is 375 g/mol. The first kappa shape index (κ1) is 18.1. The second-order valence-electron chi connectivity index (χ2n) is 6.33. The minimum absolute atomic E-state index is 0.110. The highest BCUT2D eigenvalue weighted by atomic mass is 32.2. The first-order chi connectivity index (χ1) is 11.9. The molecule has 2 aromatic carbocycles. The van der Waals surface area contributed by atoms with Crippen LogP contribution in [0, 0.1) is 13.8 Å². The standard InChI is InChI=1S/C20H22O3S2/c1-14-4-8-16(9-5-14)20-19(12-17(23-20)13-24-3)25(21,22)18-10-6-15(2)7-11-18/h4-11,17H,12-13H2,1-3H3. The number of aryl methyl sites for hydroxylation is 2. The van der Waals surface area contributed by atoms with Gasteiger partial charge in [0, 0.05) is 17.7 Å². The zero-order chi connectivity index (χ0) is 18.0. The van der Waals surface area contributed by atoms with Gasteiger partial charge in [0.25, 0.3) is 0 Å². The van der Waals surface area contributed by atoms with E-state index in [4.69, 9.17) is 4.74 Å². The Morgan fingerprint density at radius 3 is 2.12 bits per heavy atom. The highest BCUT2D eigenvalue weighted by Gasteiger charge is 2.35. The number of rotatable bonds is 5. The van der Waals surface area contributed by atoms with Gasteiger partial charge >= 0.3 is 0 Å². The first-order valence-electron chi connectivity index (χ1n) is 8.19. The molecular formula is C20H22O3S2. The van der Waals surface area contributed by atoms with Crippen LogP contribution in [0.2, 0.25) is 0 Å². The summed E-state index contributed by atoms with van der Waals surface area (Å²) in [5.74, 6) is 1.27. The molecule has 1 aliphatic rings. The summed E-state index contributed by atoms with van der Waals surface area (Å²) in [6.45, 7) is 3.95. The fourth-order valence-corrected chi connectivity index (χ4v) is 5.03. The summed E-state index contributed by atoms with van der Waals surface area (Å²) in [4.78, 5) is 0.713. The van der Waals surface area contributed by atoms with Gasteiger partial charge in [-0.25, -0.2) is 8.42 Å². The van der Waals surface area contributed by atoms with Crippen molar-refractivity contribution in [1.29, 1.82) is 0 Å². The number of benzene rings is 2. The summed E-state index contributed by atoms with van der Waals surface area (Å²) in [7, 11) is -3.57. The quantitative estimate of drug-likeness (QED) is 0.767. The molecule has 0 bridgehead atoms. The van der Waals surface area contributed by atoms with Crippen LogP contribution < -0.4 is 0 Å². The topological polar surface area (TPSA) is 43.4 Å². The van der Waals surface area contributed by atoms with Gasteiger partial charge in [-0.2, -0.15) is 11.8 Å². The molecule has 1 aliphatic heterocycles. The average Bonchev–Trinajstić information content (AvgIpc) is 3.01. The van der Waals surface area contributed by atoms with E-state index in [0.29, 0.717) is 22.0 Å². The lowest BCUT2D eigenvalue weighted by molar-refractivity contribution is 0.215. The largest absolute Gasteiger partial charge is 0.488 e. The summed E-state index contributed by atoms with van der Waals surface area (Å²) >= 11 is 1.66. The number of ether oxygens (including phenoxy) is 1. The summed E-state index contributed by atoms with van der Waals surface area (Å²) < 4.78 is 32.5. The molecule has 0 radical (unpaired) electrons. The van der Waals surface area contributed by atoms with Gasteiger partial charge in [-0.05, 0) is 32.2 Å². The van der Waals surface area contributed by atoms with E-state index in [9.17, 15) is 8.42 Å². The highest BCUT2D eigenvalue weighted by Crippen LogP contribution is 2.39. The van der Waals surface area contributed by atoms with Crippen LogP contribution >= 0.6 is 11.8 Å². The zero-order valence-electron chi connectivity index (χ0n) is 14.7. The maximum atomic E-state index is 13.2. The smallest absolute Gasteiger partial charge is 0.206 e. The van der Waals surface area contributed by atoms with Gasteiger partial charge in [0.15, 0.2) is 0 Å². The van der Waals surface area contributed by atoms with Gasteiger partial charge in [0.1, 0.15) is 11.9 Å². The Labute approximate surface area is 154 Å². The maximum absolute atomic E-state index is 13.2. The summed E-state index contributed by atoms with van der Waals surface area (Å²) in [6, 6.07) is 14.8. The van der Waals surface area contributed by atoms with Crippen molar-refractivity contribution in [2.75, 3.05) is 12.0 Å². The van der Waals surface area contributed by atoms with Crippen LogP contribution in [0.4, 0.5) is 0 Å². The van der Waals surface area contributed by atoms with Crippen molar-refractivity contribution in [3.63, 3.8) is 0 Å². The van der Waals surface area contributed by atoms with Crippen LogP contribution in [-0.2, 0) is 14.6 Å². The van der Waals surface area contributed by atoms with E-state index in [1.165, 1.54) is 0 Å². The lowest BCUT2D eigenvalue weighted by atomic mass is 10.1. The van der Waals surface area contributed by atoms with Crippen molar-refractivity contribution in [3.05, 3.63) is 70.1 Å². The Hall–Kier alpha value is -1.72. The number of hydrogen-bond donors (Lipinski definition) is 0. The van der Waals surface area contributed by atoms with E-state index in [-0.39, 0.29) is 6.10 Å². The second kappa shape index (κ2) is 7.26. The third-order valence-corrected chi connectivity index (χ3v) is 6.87. The molecular weight excluding hydrogens is 352 g/mol. The van der Waals surface area contributed by atoms with E-state index in [1.54, 1.807) is 23.9 Å². The third-order valence-electron chi connectivity index (χ3n) is 4.27. The molecule has 0 aliphatic carbocycles. The van der Waals surface area contributed by atoms with Gasteiger partial charge in [0.2, 0.25) is 9.84 Å². The van der Waals surface area contributed by atoms with Crippen LogP contribution in [0.5, 0.6) is 0 Å². The van der Waals surface area contributed by atoms with E-state index in [2.05, 4.69) is 0 Å². The Balaban J connectivity index is 2.08. The summed E-state index contributed by atoms with van der Waals surface area (Å²) in [5, 5.41) is 0. The lowest BCUT2D eigenvalue weighted by Crippen LogP contribution is -2.11. The van der Waals surface area contributed by atoms with Crippen molar-refractivity contribution in [2.45, 2.75) is 31.3 Å². The van der Waals surface area contributed by atoms with Gasteiger partial charge in [-0.1, -0.05) is 47.5 Å². The molecule has 0 aromatic heterocycles. The second-order valence-corrected chi connectivity index (χ2v) is 9.22. The highest BCUT2D eigenvalue weighted by molar-refractivity contribution is 7.98. The van der Waals surface area contributed by atoms with Crippen molar-refractivity contribution in [2.24, 2.45) is 0 Å². The number of sulfone groups is 1. The number of thioether (sulfide) groups is 1. The first-order valence-corrected chi connectivity index (χ1v) is 11.1. The van der Waals surface area contributed by atoms with Gasteiger partial charge in [0.05, 0.1) is 9.80 Å².